The minimum Gasteiger partial charge on any atom is -0.463 e. The lowest BCUT2D eigenvalue weighted by Gasteiger charge is -2.28. The molecule has 0 bridgehead atoms. The summed E-state index contributed by atoms with van der Waals surface area (Å²) in [7, 11) is 0. The molecule has 0 radical (unpaired) electrons. The van der Waals surface area contributed by atoms with Gasteiger partial charge in [-0.15, -0.1) is 0 Å². The number of carbonyl (C=O) groups excluding carboxylic acids is 1. The molecule has 5 rings (SSSR count). The summed E-state index contributed by atoms with van der Waals surface area (Å²) < 4.78 is 13.0. The van der Waals surface area contributed by atoms with Gasteiger partial charge in [0.25, 0.3) is 5.91 Å². The number of hydrogen-bond donors (Lipinski definition) is 1. The van der Waals surface area contributed by atoms with Gasteiger partial charge in [-0.25, -0.2) is 0 Å². The molecule has 0 spiro atoms. The third kappa shape index (κ3) is 3.94. The van der Waals surface area contributed by atoms with Gasteiger partial charge in [-0.3, -0.25) is 4.79 Å². The van der Waals surface area contributed by atoms with Crippen molar-refractivity contribution in [3.8, 4) is 0 Å². The Morgan fingerprint density at radius 2 is 1.81 bits per heavy atom. The van der Waals surface area contributed by atoms with Gasteiger partial charge in [-0.2, -0.15) is 0 Å². The first-order valence-corrected chi connectivity index (χ1v) is 10.5. The van der Waals surface area contributed by atoms with Crippen molar-refractivity contribution >= 4 is 28.4 Å². The van der Waals surface area contributed by atoms with E-state index in [0.29, 0.717) is 17.8 Å². The van der Waals surface area contributed by atoms with E-state index in [1.165, 1.54) is 11.1 Å². The second kappa shape index (κ2) is 8.32. The minimum atomic E-state index is -0.154. The van der Waals surface area contributed by atoms with E-state index in [9.17, 15) is 4.79 Å². The lowest BCUT2D eigenvalue weighted by Crippen LogP contribution is -2.36. The van der Waals surface area contributed by atoms with E-state index in [1.54, 1.807) is 6.26 Å². The number of fused-ring (bicyclic) bond motifs is 1. The summed E-state index contributed by atoms with van der Waals surface area (Å²) in [5, 5.41) is 3.04. The maximum atomic E-state index is 13.2. The van der Waals surface area contributed by atoms with Crippen LogP contribution < -0.4 is 10.2 Å². The molecule has 0 saturated carbocycles. The number of carbonyl (C=O) groups is 1. The first-order valence-electron chi connectivity index (χ1n) is 10.5. The van der Waals surface area contributed by atoms with E-state index in [4.69, 9.17) is 9.15 Å². The largest absolute Gasteiger partial charge is 0.463 e. The highest BCUT2D eigenvalue weighted by Crippen LogP contribution is 2.25. The van der Waals surface area contributed by atoms with Crippen LogP contribution in [0.15, 0.2) is 71.3 Å². The first kappa shape index (κ1) is 19.5. The van der Waals surface area contributed by atoms with Gasteiger partial charge in [-0.05, 0) is 42.3 Å². The Bertz CT molecular complexity index is 1200. The maximum absolute atomic E-state index is 13.2. The highest BCUT2D eigenvalue weighted by molar-refractivity contribution is 6.06. The molecular formula is C25H25N3O3. The molecule has 4 aromatic rings. The molecule has 1 N–H and O–H groups in total. The smallest absolute Gasteiger partial charge is 0.272 e. The molecule has 1 aliphatic rings. The summed E-state index contributed by atoms with van der Waals surface area (Å²) in [6, 6.07) is 19.9. The van der Waals surface area contributed by atoms with Gasteiger partial charge in [0.1, 0.15) is 5.69 Å². The van der Waals surface area contributed by atoms with Crippen LogP contribution >= 0.6 is 0 Å². The molecule has 158 valence electrons. The van der Waals surface area contributed by atoms with Crippen LogP contribution in [0.1, 0.15) is 21.6 Å². The quantitative estimate of drug-likeness (QED) is 0.514. The second-order valence-electron chi connectivity index (χ2n) is 7.81. The predicted molar refractivity (Wildman–Crippen MR) is 122 cm³/mol. The van der Waals surface area contributed by atoms with Crippen molar-refractivity contribution in [1.29, 1.82) is 0 Å². The van der Waals surface area contributed by atoms with Crippen molar-refractivity contribution in [2.75, 3.05) is 36.5 Å². The molecule has 3 heterocycles. The molecule has 0 unspecified atom stereocenters. The summed E-state index contributed by atoms with van der Waals surface area (Å²) in [6.45, 7) is 5.96. The molecule has 1 amide bonds. The van der Waals surface area contributed by atoms with Gasteiger partial charge in [-0.1, -0.05) is 24.3 Å². The van der Waals surface area contributed by atoms with Crippen LogP contribution in [0.5, 0.6) is 0 Å². The molecular weight excluding hydrogens is 390 g/mol. The third-order valence-corrected chi connectivity index (χ3v) is 5.85. The molecule has 6 nitrogen and oxygen atoms in total. The number of anilines is 2. The number of hydrogen-bond acceptors (Lipinski definition) is 4. The van der Waals surface area contributed by atoms with Crippen LogP contribution in [0, 0.1) is 6.92 Å². The number of nitrogens with one attached hydrogen (secondary N) is 1. The molecule has 1 saturated heterocycles. The van der Waals surface area contributed by atoms with Crippen LogP contribution in [0.25, 0.3) is 11.1 Å². The van der Waals surface area contributed by atoms with E-state index in [1.807, 2.05) is 53.1 Å². The van der Waals surface area contributed by atoms with Gasteiger partial charge in [0.15, 0.2) is 5.58 Å². The topological polar surface area (TPSA) is 59.6 Å². The minimum absolute atomic E-state index is 0.154. The molecule has 6 heteroatoms. The zero-order valence-electron chi connectivity index (χ0n) is 17.5. The van der Waals surface area contributed by atoms with Gasteiger partial charge >= 0.3 is 0 Å². The van der Waals surface area contributed by atoms with Gasteiger partial charge in [0.05, 0.1) is 25.0 Å². The molecule has 0 aliphatic carbocycles. The van der Waals surface area contributed by atoms with Crippen LogP contribution in [-0.4, -0.2) is 36.8 Å². The number of morpholine rings is 1. The number of aryl methyl sites for hydroxylation is 1. The van der Waals surface area contributed by atoms with E-state index in [-0.39, 0.29) is 5.91 Å². The summed E-state index contributed by atoms with van der Waals surface area (Å²) in [4.78, 5) is 15.5. The van der Waals surface area contributed by atoms with Gasteiger partial charge in [0.2, 0.25) is 0 Å². The van der Waals surface area contributed by atoms with Crippen molar-refractivity contribution in [3.05, 3.63) is 83.7 Å². The fourth-order valence-corrected chi connectivity index (χ4v) is 4.07. The number of aromatic nitrogens is 1. The lowest BCUT2D eigenvalue weighted by atomic mass is 10.1. The summed E-state index contributed by atoms with van der Waals surface area (Å²) in [5.41, 5.74) is 6.47. The Hall–Kier alpha value is -3.51. The SMILES string of the molecule is Cc1ccccc1Cn1c(C(=O)Nc2ccc(N3CCOCC3)cc2)cc2occc21. The van der Waals surface area contributed by atoms with Crippen LogP contribution in [0.4, 0.5) is 11.4 Å². The summed E-state index contributed by atoms with van der Waals surface area (Å²) in [5.74, 6) is -0.154. The normalized spacial score (nSPS) is 14.2. The van der Waals surface area contributed by atoms with Crippen molar-refractivity contribution in [1.82, 2.24) is 4.57 Å². The summed E-state index contributed by atoms with van der Waals surface area (Å²) in [6.07, 6.45) is 1.66. The predicted octanol–water partition coefficient (Wildman–Crippen LogP) is 4.68. The van der Waals surface area contributed by atoms with Crippen LogP contribution in [0.2, 0.25) is 0 Å². The fourth-order valence-electron chi connectivity index (χ4n) is 4.07. The van der Waals surface area contributed by atoms with Crippen LogP contribution in [0.3, 0.4) is 0 Å². The van der Waals surface area contributed by atoms with Gasteiger partial charge < -0.3 is 23.9 Å². The molecule has 1 aliphatic heterocycles. The number of rotatable bonds is 5. The van der Waals surface area contributed by atoms with Crippen molar-refractivity contribution in [2.45, 2.75) is 13.5 Å². The number of nitrogens with zero attached hydrogens (tertiary/aromatic N) is 2. The highest BCUT2D eigenvalue weighted by atomic mass is 16.5. The van der Waals surface area contributed by atoms with Gasteiger partial charge in [0, 0.05) is 43.1 Å². The second-order valence-corrected chi connectivity index (χ2v) is 7.81. The van der Waals surface area contributed by atoms with Crippen molar-refractivity contribution in [3.63, 3.8) is 0 Å². The molecule has 2 aromatic heterocycles. The third-order valence-electron chi connectivity index (χ3n) is 5.85. The van der Waals surface area contributed by atoms with E-state index in [2.05, 4.69) is 29.3 Å². The molecule has 0 atom stereocenters. The Morgan fingerprint density at radius 3 is 2.58 bits per heavy atom. The number of ether oxygens (including phenoxy) is 1. The van der Waals surface area contributed by atoms with E-state index >= 15 is 0 Å². The first-order chi connectivity index (χ1) is 15.2. The summed E-state index contributed by atoms with van der Waals surface area (Å²) >= 11 is 0. The zero-order chi connectivity index (χ0) is 21.2. The number of amides is 1. The van der Waals surface area contributed by atoms with Crippen LogP contribution in [-0.2, 0) is 11.3 Å². The monoisotopic (exact) mass is 415 g/mol. The zero-order valence-corrected chi connectivity index (χ0v) is 17.5. The molecule has 2 aromatic carbocycles. The average molecular weight is 415 g/mol. The fraction of sp³-hybridized carbons (Fsp3) is 0.240. The van der Waals surface area contributed by atoms with E-state index in [0.717, 1.165) is 43.2 Å². The van der Waals surface area contributed by atoms with E-state index < -0.39 is 0 Å². The Balaban J connectivity index is 1.38. The van der Waals surface area contributed by atoms with Crippen molar-refractivity contribution < 1.29 is 13.9 Å². The van der Waals surface area contributed by atoms with Crippen molar-refractivity contribution in [2.24, 2.45) is 0 Å². The Kier molecular flexibility index (Phi) is 5.22. The molecule has 1 fully saturated rings. The Labute approximate surface area is 181 Å². The molecule has 31 heavy (non-hydrogen) atoms. The average Bonchev–Trinajstić information content (AvgIpc) is 3.39. The number of benzene rings is 2. The highest BCUT2D eigenvalue weighted by Gasteiger charge is 2.19. The standard InChI is InChI=1S/C25H25N3O3/c1-18-4-2-3-5-19(18)17-28-22-10-13-31-24(22)16-23(28)25(29)26-20-6-8-21(9-7-20)27-11-14-30-15-12-27/h2-10,13,16H,11-12,14-15,17H2,1H3,(H,26,29). The number of furan rings is 1. The lowest BCUT2D eigenvalue weighted by molar-refractivity contribution is 0.101. The maximum Gasteiger partial charge on any atom is 0.272 e. The Morgan fingerprint density at radius 1 is 1.03 bits per heavy atom.